The number of imidazole rings is 1. The predicted molar refractivity (Wildman–Crippen MR) is 84.3 cm³/mol. The first-order valence-electron chi connectivity index (χ1n) is 7.89. The van der Waals surface area contributed by atoms with Gasteiger partial charge in [0, 0.05) is 43.8 Å². The van der Waals surface area contributed by atoms with Gasteiger partial charge in [-0.25, -0.2) is 4.98 Å². The zero-order chi connectivity index (χ0) is 15.4. The van der Waals surface area contributed by atoms with E-state index in [1.807, 2.05) is 18.3 Å². The molecule has 0 saturated heterocycles. The number of carbonyl (C=O) groups is 1. The van der Waals surface area contributed by atoms with Gasteiger partial charge in [-0.3, -0.25) is 9.78 Å². The van der Waals surface area contributed by atoms with Crippen LogP contribution >= 0.6 is 0 Å². The minimum absolute atomic E-state index is 0.0324. The van der Waals surface area contributed by atoms with Gasteiger partial charge in [0.15, 0.2) is 0 Å². The molecule has 1 aliphatic carbocycles. The Bertz CT molecular complexity index is 631. The molecule has 1 saturated carbocycles. The maximum Gasteiger partial charge on any atom is 0.224 e. The van der Waals surface area contributed by atoms with Gasteiger partial charge < -0.3 is 9.88 Å². The molecular formula is C17H22N4O. The van der Waals surface area contributed by atoms with E-state index >= 15 is 0 Å². The van der Waals surface area contributed by atoms with Gasteiger partial charge in [0.05, 0.1) is 6.42 Å². The van der Waals surface area contributed by atoms with Crippen LogP contribution in [0.2, 0.25) is 0 Å². The molecule has 0 aliphatic heterocycles. The number of nitrogens with one attached hydrogen (secondary N) is 1. The molecule has 3 rings (SSSR count). The van der Waals surface area contributed by atoms with Crippen molar-refractivity contribution in [3.8, 4) is 0 Å². The molecule has 2 aromatic heterocycles. The lowest BCUT2D eigenvalue weighted by molar-refractivity contribution is -0.120. The van der Waals surface area contributed by atoms with Gasteiger partial charge in [-0.05, 0) is 37.3 Å². The van der Waals surface area contributed by atoms with E-state index in [4.69, 9.17) is 0 Å². The van der Waals surface area contributed by atoms with E-state index in [0.717, 1.165) is 30.3 Å². The van der Waals surface area contributed by atoms with Crippen LogP contribution in [0.1, 0.15) is 29.9 Å². The lowest BCUT2D eigenvalue weighted by atomic mass is 10.2. The summed E-state index contributed by atoms with van der Waals surface area (Å²) >= 11 is 0. The third-order valence-electron chi connectivity index (χ3n) is 4.03. The summed E-state index contributed by atoms with van der Waals surface area (Å²) in [7, 11) is 0. The third kappa shape index (κ3) is 3.93. The molecule has 22 heavy (non-hydrogen) atoms. The number of hydrogen-bond donors (Lipinski definition) is 1. The number of pyridine rings is 1. The Kier molecular flexibility index (Phi) is 4.51. The Balaban J connectivity index is 1.47. The van der Waals surface area contributed by atoms with Crippen molar-refractivity contribution in [1.29, 1.82) is 0 Å². The molecule has 2 heterocycles. The van der Waals surface area contributed by atoms with Gasteiger partial charge in [0.2, 0.25) is 5.91 Å². The van der Waals surface area contributed by atoms with Crippen molar-refractivity contribution < 1.29 is 4.79 Å². The van der Waals surface area contributed by atoms with Gasteiger partial charge >= 0.3 is 0 Å². The van der Waals surface area contributed by atoms with Crippen LogP contribution in [0.25, 0.3) is 0 Å². The average Bonchev–Trinajstić information content (AvgIpc) is 3.27. The largest absolute Gasteiger partial charge is 0.355 e. The van der Waals surface area contributed by atoms with E-state index in [1.165, 1.54) is 18.5 Å². The van der Waals surface area contributed by atoms with Crippen molar-refractivity contribution >= 4 is 5.91 Å². The maximum atomic E-state index is 11.9. The summed E-state index contributed by atoms with van der Waals surface area (Å²) in [6.45, 7) is 3.80. The third-order valence-corrected chi connectivity index (χ3v) is 4.03. The molecule has 0 spiro atoms. The second kappa shape index (κ2) is 6.73. The summed E-state index contributed by atoms with van der Waals surface area (Å²) in [6, 6.07) is 3.76. The summed E-state index contributed by atoms with van der Waals surface area (Å²) in [5, 5.41) is 2.97. The normalized spacial score (nSPS) is 14.0. The fourth-order valence-corrected chi connectivity index (χ4v) is 2.58. The van der Waals surface area contributed by atoms with Gasteiger partial charge in [-0.2, -0.15) is 0 Å². The summed E-state index contributed by atoms with van der Waals surface area (Å²) < 4.78 is 2.30. The number of aryl methyl sites for hydroxylation is 1. The van der Waals surface area contributed by atoms with Crippen LogP contribution in [0.15, 0.2) is 30.7 Å². The molecule has 1 N–H and O–H groups in total. The lowest BCUT2D eigenvalue weighted by Gasteiger charge is -2.10. The average molecular weight is 298 g/mol. The number of rotatable bonds is 7. The van der Waals surface area contributed by atoms with Gasteiger partial charge in [-0.15, -0.1) is 0 Å². The van der Waals surface area contributed by atoms with E-state index in [0.29, 0.717) is 13.0 Å². The molecule has 0 bridgehead atoms. The zero-order valence-electron chi connectivity index (χ0n) is 13.0. The molecule has 1 fully saturated rings. The Morgan fingerprint density at radius 1 is 1.41 bits per heavy atom. The summed E-state index contributed by atoms with van der Waals surface area (Å²) in [5.74, 6) is 1.93. The Morgan fingerprint density at radius 2 is 2.27 bits per heavy atom. The van der Waals surface area contributed by atoms with E-state index in [9.17, 15) is 4.79 Å². The van der Waals surface area contributed by atoms with E-state index in [2.05, 4.69) is 26.8 Å². The molecule has 1 aliphatic rings. The molecule has 5 nitrogen and oxygen atoms in total. The smallest absolute Gasteiger partial charge is 0.224 e. The van der Waals surface area contributed by atoms with Crippen molar-refractivity contribution in [2.45, 2.75) is 39.2 Å². The van der Waals surface area contributed by atoms with Crippen LogP contribution in [-0.2, 0) is 24.2 Å². The van der Waals surface area contributed by atoms with Crippen LogP contribution < -0.4 is 5.32 Å². The number of hydrogen-bond acceptors (Lipinski definition) is 3. The van der Waals surface area contributed by atoms with E-state index in [-0.39, 0.29) is 5.91 Å². The molecular weight excluding hydrogens is 276 g/mol. The Labute approximate surface area is 130 Å². The fraction of sp³-hybridized carbons (Fsp3) is 0.471. The molecule has 5 heteroatoms. The molecule has 1 amide bonds. The Hall–Kier alpha value is -2.17. The van der Waals surface area contributed by atoms with Gasteiger partial charge in [0.1, 0.15) is 5.82 Å². The van der Waals surface area contributed by atoms with Crippen LogP contribution in [-0.4, -0.2) is 27.0 Å². The first-order chi connectivity index (χ1) is 10.7. The number of nitrogens with zero attached hydrogens (tertiary/aromatic N) is 3. The van der Waals surface area contributed by atoms with E-state index < -0.39 is 0 Å². The van der Waals surface area contributed by atoms with Gasteiger partial charge in [-0.1, -0.05) is 6.07 Å². The highest BCUT2D eigenvalue weighted by Gasteiger charge is 2.23. The minimum atomic E-state index is 0.0324. The number of carbonyl (C=O) groups excluding carboxylic acids is 1. The summed E-state index contributed by atoms with van der Waals surface area (Å²) in [4.78, 5) is 20.4. The second-order valence-electron chi connectivity index (χ2n) is 6.01. The highest BCUT2D eigenvalue weighted by atomic mass is 16.1. The van der Waals surface area contributed by atoms with Crippen molar-refractivity contribution in [3.63, 3.8) is 0 Å². The number of aromatic nitrogens is 3. The standard InChI is InChI=1S/C17H22N4O/c1-13-10-20-16(21(13)12-14-4-5-14)6-8-19-17(22)9-15-3-2-7-18-11-15/h2-3,7,10-11,14H,4-6,8-9,12H2,1H3,(H,19,22). The van der Waals surface area contributed by atoms with Crippen LogP contribution in [0.5, 0.6) is 0 Å². The first-order valence-corrected chi connectivity index (χ1v) is 7.89. The number of amides is 1. The summed E-state index contributed by atoms with van der Waals surface area (Å²) in [6.07, 6.45) is 9.18. The molecule has 0 atom stereocenters. The van der Waals surface area contributed by atoms with Crippen molar-refractivity contribution in [1.82, 2.24) is 19.9 Å². The molecule has 0 unspecified atom stereocenters. The zero-order valence-corrected chi connectivity index (χ0v) is 13.0. The maximum absolute atomic E-state index is 11.9. The lowest BCUT2D eigenvalue weighted by Crippen LogP contribution is -2.28. The van der Waals surface area contributed by atoms with Crippen LogP contribution in [0.4, 0.5) is 0 Å². The summed E-state index contributed by atoms with van der Waals surface area (Å²) in [5.41, 5.74) is 2.15. The second-order valence-corrected chi connectivity index (χ2v) is 6.01. The van der Waals surface area contributed by atoms with Gasteiger partial charge in [0.25, 0.3) is 0 Å². The molecule has 2 aromatic rings. The molecule has 0 aromatic carbocycles. The quantitative estimate of drug-likeness (QED) is 0.849. The monoisotopic (exact) mass is 298 g/mol. The fourth-order valence-electron chi connectivity index (χ4n) is 2.58. The van der Waals surface area contributed by atoms with Crippen molar-refractivity contribution in [2.75, 3.05) is 6.54 Å². The predicted octanol–water partition coefficient (Wildman–Crippen LogP) is 1.90. The minimum Gasteiger partial charge on any atom is -0.355 e. The van der Waals surface area contributed by atoms with E-state index in [1.54, 1.807) is 12.4 Å². The first kappa shape index (κ1) is 14.8. The Morgan fingerprint density at radius 3 is 3.00 bits per heavy atom. The molecule has 0 radical (unpaired) electrons. The van der Waals surface area contributed by atoms with Crippen molar-refractivity contribution in [3.05, 3.63) is 47.8 Å². The highest BCUT2D eigenvalue weighted by Crippen LogP contribution is 2.31. The van der Waals surface area contributed by atoms with Crippen LogP contribution in [0, 0.1) is 12.8 Å². The highest BCUT2D eigenvalue weighted by molar-refractivity contribution is 5.78. The SMILES string of the molecule is Cc1cnc(CCNC(=O)Cc2cccnc2)n1CC1CC1. The van der Waals surface area contributed by atoms with Crippen LogP contribution in [0.3, 0.4) is 0 Å². The molecule has 116 valence electrons. The van der Waals surface area contributed by atoms with Crippen molar-refractivity contribution in [2.24, 2.45) is 5.92 Å². The topological polar surface area (TPSA) is 59.8 Å².